The van der Waals surface area contributed by atoms with Crippen molar-refractivity contribution in [2.75, 3.05) is 5.73 Å². The fraction of sp³-hybridized carbons (Fsp3) is 0.500. The van der Waals surface area contributed by atoms with Gasteiger partial charge in [-0.15, -0.1) is 0 Å². The van der Waals surface area contributed by atoms with Gasteiger partial charge in [0.15, 0.2) is 0 Å². The summed E-state index contributed by atoms with van der Waals surface area (Å²) < 4.78 is 2.20. The maximum absolute atomic E-state index is 6.42. The van der Waals surface area contributed by atoms with E-state index in [1.165, 1.54) is 11.1 Å². The first-order chi connectivity index (χ1) is 9.93. The molecule has 0 fully saturated rings. The molecular formula is C18H27N3. The molecule has 3 nitrogen and oxygen atoms in total. The van der Waals surface area contributed by atoms with E-state index in [9.17, 15) is 0 Å². The van der Waals surface area contributed by atoms with Gasteiger partial charge in [-0.3, -0.25) is 0 Å². The van der Waals surface area contributed by atoms with Gasteiger partial charge in [-0.1, -0.05) is 44.4 Å². The van der Waals surface area contributed by atoms with Crippen molar-refractivity contribution in [3.8, 4) is 11.3 Å². The molecule has 0 saturated carbocycles. The first-order valence-electron chi connectivity index (χ1n) is 7.88. The molecule has 0 bridgehead atoms. The zero-order valence-corrected chi connectivity index (χ0v) is 13.9. The third-order valence-electron chi connectivity index (χ3n) is 3.78. The number of aryl methyl sites for hydroxylation is 2. The minimum Gasteiger partial charge on any atom is -0.383 e. The van der Waals surface area contributed by atoms with Crippen molar-refractivity contribution in [2.24, 2.45) is 0 Å². The smallest absolute Gasteiger partial charge is 0.131 e. The fourth-order valence-electron chi connectivity index (χ4n) is 2.80. The van der Waals surface area contributed by atoms with Gasteiger partial charge in [0.1, 0.15) is 17.3 Å². The lowest BCUT2D eigenvalue weighted by atomic mass is 10.1. The van der Waals surface area contributed by atoms with Crippen LogP contribution in [0, 0.1) is 13.8 Å². The van der Waals surface area contributed by atoms with Crippen LogP contribution in [-0.4, -0.2) is 9.55 Å². The molecule has 0 aliphatic heterocycles. The van der Waals surface area contributed by atoms with E-state index in [1.807, 2.05) is 0 Å². The number of unbranched alkanes of at least 4 members (excludes halogenated alkanes) is 1. The van der Waals surface area contributed by atoms with Gasteiger partial charge in [0.2, 0.25) is 0 Å². The summed E-state index contributed by atoms with van der Waals surface area (Å²) in [5.74, 6) is 2.27. The minimum atomic E-state index is 0.379. The van der Waals surface area contributed by atoms with E-state index in [2.05, 4.69) is 57.4 Å². The molecule has 0 aliphatic carbocycles. The summed E-state index contributed by atoms with van der Waals surface area (Å²) in [4.78, 5) is 4.85. The van der Waals surface area contributed by atoms with Crippen LogP contribution < -0.4 is 5.73 Å². The van der Waals surface area contributed by atoms with E-state index in [0.717, 1.165) is 42.3 Å². The molecule has 2 aromatic rings. The maximum atomic E-state index is 6.42. The van der Waals surface area contributed by atoms with E-state index in [4.69, 9.17) is 10.7 Å². The first kappa shape index (κ1) is 15.6. The molecule has 0 radical (unpaired) electrons. The number of nitrogens with two attached hydrogens (primary N) is 1. The Hall–Kier alpha value is -1.77. The predicted octanol–water partition coefficient (Wildman–Crippen LogP) is 4.67. The minimum absolute atomic E-state index is 0.379. The Labute approximate surface area is 128 Å². The highest BCUT2D eigenvalue weighted by molar-refractivity contribution is 5.72. The summed E-state index contributed by atoms with van der Waals surface area (Å²) in [5, 5.41) is 0. The summed E-state index contributed by atoms with van der Waals surface area (Å²) in [6.45, 7) is 11.7. The standard InChI is InChI=1S/C18H27N3/c1-6-7-8-21-17(19)16(20-18(21)12(2)3)15-10-13(4)9-14(5)11-15/h9-12H,6-8,19H2,1-5H3. The number of hydrogen-bond donors (Lipinski definition) is 1. The molecule has 0 unspecified atom stereocenters. The van der Waals surface area contributed by atoms with Gasteiger partial charge in [0, 0.05) is 18.0 Å². The Kier molecular flexibility index (Phi) is 4.71. The third-order valence-corrected chi connectivity index (χ3v) is 3.78. The van der Waals surface area contributed by atoms with Crippen molar-refractivity contribution in [1.29, 1.82) is 0 Å². The van der Waals surface area contributed by atoms with Gasteiger partial charge in [-0.25, -0.2) is 4.98 Å². The monoisotopic (exact) mass is 285 g/mol. The lowest BCUT2D eigenvalue weighted by molar-refractivity contribution is 0.588. The maximum Gasteiger partial charge on any atom is 0.131 e. The normalized spacial score (nSPS) is 11.3. The summed E-state index contributed by atoms with van der Waals surface area (Å²) in [6, 6.07) is 6.51. The fourth-order valence-corrected chi connectivity index (χ4v) is 2.80. The zero-order valence-electron chi connectivity index (χ0n) is 13.9. The molecule has 0 saturated heterocycles. The molecule has 1 aromatic carbocycles. The Morgan fingerprint density at radius 1 is 1.14 bits per heavy atom. The second-order valence-corrected chi connectivity index (χ2v) is 6.24. The molecule has 1 heterocycles. The van der Waals surface area contributed by atoms with Gasteiger partial charge < -0.3 is 10.3 Å². The lowest BCUT2D eigenvalue weighted by Gasteiger charge is -2.11. The molecule has 114 valence electrons. The number of anilines is 1. The predicted molar refractivity (Wildman–Crippen MR) is 90.5 cm³/mol. The number of rotatable bonds is 5. The van der Waals surface area contributed by atoms with E-state index in [0.29, 0.717) is 5.92 Å². The molecule has 0 aliphatic rings. The number of imidazole rings is 1. The Bertz CT molecular complexity index is 603. The quantitative estimate of drug-likeness (QED) is 0.867. The largest absolute Gasteiger partial charge is 0.383 e. The number of hydrogen-bond acceptors (Lipinski definition) is 2. The van der Waals surface area contributed by atoms with Gasteiger partial charge >= 0.3 is 0 Å². The van der Waals surface area contributed by atoms with Crippen LogP contribution in [0.25, 0.3) is 11.3 Å². The van der Waals surface area contributed by atoms with Crippen LogP contribution in [0.2, 0.25) is 0 Å². The second kappa shape index (κ2) is 6.33. The van der Waals surface area contributed by atoms with Crippen LogP contribution in [0.4, 0.5) is 5.82 Å². The summed E-state index contributed by atoms with van der Waals surface area (Å²) >= 11 is 0. The molecule has 2 N–H and O–H groups in total. The van der Waals surface area contributed by atoms with Crippen LogP contribution in [0.5, 0.6) is 0 Å². The van der Waals surface area contributed by atoms with Crippen LogP contribution in [0.3, 0.4) is 0 Å². The molecule has 3 heteroatoms. The van der Waals surface area contributed by atoms with Crippen LogP contribution >= 0.6 is 0 Å². The van der Waals surface area contributed by atoms with Crippen molar-refractivity contribution in [3.05, 3.63) is 35.2 Å². The Morgan fingerprint density at radius 2 is 1.76 bits per heavy atom. The number of aromatic nitrogens is 2. The molecule has 0 amide bonds. The SMILES string of the molecule is CCCCn1c(C(C)C)nc(-c2cc(C)cc(C)c2)c1N. The Morgan fingerprint density at radius 3 is 2.29 bits per heavy atom. The molecule has 21 heavy (non-hydrogen) atoms. The second-order valence-electron chi connectivity index (χ2n) is 6.24. The Balaban J connectivity index is 2.53. The lowest BCUT2D eigenvalue weighted by Crippen LogP contribution is -2.08. The highest BCUT2D eigenvalue weighted by atomic mass is 15.1. The molecule has 2 rings (SSSR count). The highest BCUT2D eigenvalue weighted by Gasteiger charge is 2.18. The van der Waals surface area contributed by atoms with Crippen LogP contribution in [-0.2, 0) is 6.54 Å². The van der Waals surface area contributed by atoms with Gasteiger partial charge in [0.05, 0.1) is 0 Å². The summed E-state index contributed by atoms with van der Waals surface area (Å²) in [6.07, 6.45) is 2.29. The zero-order chi connectivity index (χ0) is 15.6. The molecule has 0 spiro atoms. The molecular weight excluding hydrogens is 258 g/mol. The first-order valence-corrected chi connectivity index (χ1v) is 7.88. The van der Waals surface area contributed by atoms with Crippen molar-refractivity contribution in [1.82, 2.24) is 9.55 Å². The van der Waals surface area contributed by atoms with Crippen molar-refractivity contribution < 1.29 is 0 Å². The van der Waals surface area contributed by atoms with E-state index >= 15 is 0 Å². The van der Waals surface area contributed by atoms with Crippen molar-refractivity contribution in [3.63, 3.8) is 0 Å². The van der Waals surface area contributed by atoms with Gasteiger partial charge in [-0.2, -0.15) is 0 Å². The summed E-state index contributed by atoms with van der Waals surface area (Å²) in [5.41, 5.74) is 11.0. The van der Waals surface area contributed by atoms with Crippen LogP contribution in [0.1, 0.15) is 56.5 Å². The summed E-state index contributed by atoms with van der Waals surface area (Å²) in [7, 11) is 0. The van der Waals surface area contributed by atoms with E-state index in [-0.39, 0.29) is 0 Å². The third kappa shape index (κ3) is 3.29. The van der Waals surface area contributed by atoms with E-state index in [1.54, 1.807) is 0 Å². The van der Waals surface area contributed by atoms with Crippen molar-refractivity contribution >= 4 is 5.82 Å². The van der Waals surface area contributed by atoms with Gasteiger partial charge in [-0.05, 0) is 32.4 Å². The number of nitrogens with zero attached hydrogens (tertiary/aromatic N) is 2. The number of benzene rings is 1. The average molecular weight is 285 g/mol. The number of nitrogen functional groups attached to an aromatic ring is 1. The van der Waals surface area contributed by atoms with Crippen LogP contribution in [0.15, 0.2) is 18.2 Å². The molecule has 1 aromatic heterocycles. The topological polar surface area (TPSA) is 43.8 Å². The van der Waals surface area contributed by atoms with Crippen molar-refractivity contribution in [2.45, 2.75) is 59.9 Å². The molecule has 0 atom stereocenters. The highest BCUT2D eigenvalue weighted by Crippen LogP contribution is 2.31. The van der Waals surface area contributed by atoms with E-state index < -0.39 is 0 Å². The van der Waals surface area contributed by atoms with Gasteiger partial charge in [0.25, 0.3) is 0 Å². The average Bonchev–Trinajstić information content (AvgIpc) is 2.72.